The SMILES string of the molecule is Cc1ccc(S(=O)(=O)Nc2cc(C(N)=O)ccc2N2CCCCC2C)cc1. The number of hydrogen-bond donors (Lipinski definition) is 2. The Balaban J connectivity index is 2.02. The molecule has 1 aliphatic rings. The second-order valence-corrected chi connectivity index (χ2v) is 8.74. The molecular weight excluding hydrogens is 362 g/mol. The molecule has 0 radical (unpaired) electrons. The van der Waals surface area contributed by atoms with E-state index in [-0.39, 0.29) is 10.5 Å². The van der Waals surface area contributed by atoms with Gasteiger partial charge in [-0.2, -0.15) is 0 Å². The van der Waals surface area contributed by atoms with Gasteiger partial charge in [0.05, 0.1) is 16.3 Å². The lowest BCUT2D eigenvalue weighted by atomic mass is 10.0. The van der Waals surface area contributed by atoms with E-state index < -0.39 is 15.9 Å². The average Bonchev–Trinajstić information content (AvgIpc) is 2.62. The lowest BCUT2D eigenvalue weighted by molar-refractivity contribution is 0.100. The summed E-state index contributed by atoms with van der Waals surface area (Å²) in [7, 11) is -3.78. The van der Waals surface area contributed by atoms with Crippen LogP contribution in [0.5, 0.6) is 0 Å². The molecule has 6 nitrogen and oxygen atoms in total. The third kappa shape index (κ3) is 4.24. The number of primary amides is 1. The maximum absolute atomic E-state index is 12.9. The van der Waals surface area contributed by atoms with Gasteiger partial charge in [0.2, 0.25) is 5.91 Å². The predicted octanol–water partition coefficient (Wildman–Crippen LogP) is 3.27. The highest BCUT2D eigenvalue weighted by Crippen LogP contribution is 2.33. The van der Waals surface area contributed by atoms with Crippen LogP contribution in [0.2, 0.25) is 0 Å². The standard InChI is InChI=1S/C20H25N3O3S/c1-14-6-9-17(10-7-14)27(25,26)22-18-13-16(20(21)24)8-11-19(18)23-12-4-3-5-15(23)2/h6-11,13,15,22H,3-5,12H2,1-2H3,(H2,21,24). The van der Waals surface area contributed by atoms with Crippen molar-refractivity contribution in [1.82, 2.24) is 0 Å². The molecule has 2 aromatic rings. The van der Waals surface area contributed by atoms with Crippen molar-refractivity contribution < 1.29 is 13.2 Å². The van der Waals surface area contributed by atoms with Crippen molar-refractivity contribution >= 4 is 27.3 Å². The molecule has 1 aliphatic heterocycles. The van der Waals surface area contributed by atoms with Crippen LogP contribution in [0.3, 0.4) is 0 Å². The number of nitrogens with one attached hydrogen (secondary N) is 1. The summed E-state index contributed by atoms with van der Waals surface area (Å²) in [4.78, 5) is 14.0. The topological polar surface area (TPSA) is 92.5 Å². The lowest BCUT2D eigenvalue weighted by Crippen LogP contribution is -2.38. The molecule has 3 N–H and O–H groups in total. The van der Waals surface area contributed by atoms with Gasteiger partial charge >= 0.3 is 0 Å². The molecule has 1 amide bonds. The first-order valence-electron chi connectivity index (χ1n) is 9.08. The molecule has 1 atom stereocenters. The summed E-state index contributed by atoms with van der Waals surface area (Å²) in [5, 5.41) is 0. The van der Waals surface area contributed by atoms with E-state index in [1.165, 1.54) is 6.07 Å². The molecule has 144 valence electrons. The fourth-order valence-electron chi connectivity index (χ4n) is 3.40. The van der Waals surface area contributed by atoms with Crippen LogP contribution in [0.15, 0.2) is 47.4 Å². The third-order valence-electron chi connectivity index (χ3n) is 4.97. The normalized spacial score (nSPS) is 17.6. The van der Waals surface area contributed by atoms with E-state index in [0.717, 1.165) is 37.1 Å². The van der Waals surface area contributed by atoms with Gasteiger partial charge in [0.1, 0.15) is 0 Å². The zero-order valence-electron chi connectivity index (χ0n) is 15.6. The molecule has 2 aromatic carbocycles. The number of nitrogens with zero attached hydrogens (tertiary/aromatic N) is 1. The van der Waals surface area contributed by atoms with Gasteiger partial charge in [0.25, 0.3) is 10.0 Å². The molecule has 27 heavy (non-hydrogen) atoms. The minimum Gasteiger partial charge on any atom is -0.367 e. The molecule has 1 saturated heterocycles. The van der Waals surface area contributed by atoms with Crippen LogP contribution in [0.1, 0.15) is 42.1 Å². The van der Waals surface area contributed by atoms with Crippen LogP contribution in [-0.4, -0.2) is 26.9 Å². The maximum atomic E-state index is 12.9. The Kier molecular flexibility index (Phi) is 5.41. The number of sulfonamides is 1. The summed E-state index contributed by atoms with van der Waals surface area (Å²) in [5.74, 6) is -0.593. The largest absolute Gasteiger partial charge is 0.367 e. The van der Waals surface area contributed by atoms with Crippen LogP contribution in [-0.2, 0) is 10.0 Å². The first-order chi connectivity index (χ1) is 12.8. The van der Waals surface area contributed by atoms with E-state index in [4.69, 9.17) is 5.73 Å². The number of anilines is 2. The van der Waals surface area contributed by atoms with Crippen LogP contribution < -0.4 is 15.4 Å². The van der Waals surface area contributed by atoms with Crippen molar-refractivity contribution in [3.05, 3.63) is 53.6 Å². The average molecular weight is 388 g/mol. The molecule has 0 aliphatic carbocycles. The summed E-state index contributed by atoms with van der Waals surface area (Å²) in [6.45, 7) is 4.87. The fraction of sp³-hybridized carbons (Fsp3) is 0.350. The van der Waals surface area contributed by atoms with Crippen molar-refractivity contribution in [1.29, 1.82) is 0 Å². The van der Waals surface area contributed by atoms with Crippen molar-refractivity contribution in [3.63, 3.8) is 0 Å². The number of carbonyl (C=O) groups excluding carboxylic acids is 1. The Labute approximate surface area is 160 Å². The van der Waals surface area contributed by atoms with Crippen molar-refractivity contribution in [2.24, 2.45) is 5.73 Å². The number of nitrogens with two attached hydrogens (primary N) is 1. The molecule has 3 rings (SSSR count). The van der Waals surface area contributed by atoms with Gasteiger partial charge < -0.3 is 10.6 Å². The Morgan fingerprint density at radius 1 is 1.15 bits per heavy atom. The number of rotatable bonds is 5. The molecule has 1 fully saturated rings. The van der Waals surface area contributed by atoms with E-state index in [9.17, 15) is 13.2 Å². The highest BCUT2D eigenvalue weighted by Gasteiger charge is 2.24. The first-order valence-corrected chi connectivity index (χ1v) is 10.6. The number of benzene rings is 2. The molecule has 0 saturated carbocycles. The van der Waals surface area contributed by atoms with Crippen LogP contribution in [0.4, 0.5) is 11.4 Å². The number of aryl methyl sites for hydroxylation is 1. The quantitative estimate of drug-likeness (QED) is 0.823. The van der Waals surface area contributed by atoms with Gasteiger partial charge in [0, 0.05) is 18.2 Å². The summed E-state index contributed by atoms with van der Waals surface area (Å²) in [6.07, 6.45) is 3.25. The maximum Gasteiger partial charge on any atom is 0.261 e. The van der Waals surface area contributed by atoms with Crippen molar-refractivity contribution in [2.75, 3.05) is 16.2 Å². The van der Waals surface area contributed by atoms with Crippen molar-refractivity contribution in [3.8, 4) is 0 Å². The molecule has 0 bridgehead atoms. The smallest absolute Gasteiger partial charge is 0.261 e. The minimum atomic E-state index is -3.78. The van der Waals surface area contributed by atoms with E-state index in [0.29, 0.717) is 11.7 Å². The Bertz CT molecular complexity index is 939. The number of carbonyl (C=O) groups is 1. The minimum absolute atomic E-state index is 0.176. The van der Waals surface area contributed by atoms with Gasteiger partial charge in [-0.25, -0.2) is 8.42 Å². The number of amides is 1. The fourth-order valence-corrected chi connectivity index (χ4v) is 4.46. The van der Waals surface area contributed by atoms with Gasteiger partial charge in [-0.1, -0.05) is 17.7 Å². The summed E-state index contributed by atoms with van der Waals surface area (Å²) in [6, 6.07) is 11.9. The third-order valence-corrected chi connectivity index (χ3v) is 6.35. The Morgan fingerprint density at radius 3 is 2.48 bits per heavy atom. The van der Waals surface area contributed by atoms with Crippen LogP contribution >= 0.6 is 0 Å². The van der Waals surface area contributed by atoms with Crippen molar-refractivity contribution in [2.45, 2.75) is 44.0 Å². The summed E-state index contributed by atoms with van der Waals surface area (Å²) >= 11 is 0. The second kappa shape index (κ2) is 7.60. The van der Waals surface area contributed by atoms with E-state index >= 15 is 0 Å². The van der Waals surface area contributed by atoms with E-state index in [1.807, 2.05) is 6.92 Å². The van der Waals surface area contributed by atoms with Crippen LogP contribution in [0.25, 0.3) is 0 Å². The Hall–Kier alpha value is -2.54. The van der Waals surface area contributed by atoms with Gasteiger partial charge in [0.15, 0.2) is 0 Å². The highest BCUT2D eigenvalue weighted by atomic mass is 32.2. The van der Waals surface area contributed by atoms with E-state index in [2.05, 4.69) is 16.5 Å². The van der Waals surface area contributed by atoms with Gasteiger partial charge in [-0.15, -0.1) is 0 Å². The monoisotopic (exact) mass is 387 g/mol. The highest BCUT2D eigenvalue weighted by molar-refractivity contribution is 7.92. The van der Waals surface area contributed by atoms with Gasteiger partial charge in [-0.3, -0.25) is 9.52 Å². The number of piperidine rings is 1. The first kappa shape index (κ1) is 19.2. The molecular formula is C20H25N3O3S. The second-order valence-electron chi connectivity index (χ2n) is 7.05. The molecule has 1 heterocycles. The Morgan fingerprint density at radius 2 is 1.85 bits per heavy atom. The summed E-state index contributed by atoms with van der Waals surface area (Å²) < 4.78 is 28.4. The molecule has 0 aromatic heterocycles. The van der Waals surface area contributed by atoms with E-state index in [1.54, 1.807) is 36.4 Å². The zero-order chi connectivity index (χ0) is 19.6. The lowest BCUT2D eigenvalue weighted by Gasteiger charge is -2.36. The van der Waals surface area contributed by atoms with Gasteiger partial charge in [-0.05, 0) is 63.4 Å². The number of hydrogen-bond acceptors (Lipinski definition) is 4. The molecule has 7 heteroatoms. The zero-order valence-corrected chi connectivity index (χ0v) is 16.4. The van der Waals surface area contributed by atoms with Crippen LogP contribution in [0, 0.1) is 6.92 Å². The molecule has 0 spiro atoms. The molecule has 1 unspecified atom stereocenters. The summed E-state index contributed by atoms with van der Waals surface area (Å²) in [5.41, 5.74) is 7.79. The predicted molar refractivity (Wildman–Crippen MR) is 108 cm³/mol.